The molecule has 43 heavy (non-hydrogen) atoms. The summed E-state index contributed by atoms with van der Waals surface area (Å²) >= 11 is 0. The third-order valence-corrected chi connectivity index (χ3v) is 6.91. The molecule has 1 aliphatic heterocycles. The number of amides is 1. The van der Waals surface area contributed by atoms with Gasteiger partial charge >= 0.3 is 6.18 Å². The Morgan fingerprint density at radius 1 is 0.977 bits per heavy atom. The lowest BCUT2D eigenvalue weighted by Gasteiger charge is -2.25. The molecule has 4 rings (SSSR count). The van der Waals surface area contributed by atoms with E-state index in [1.54, 1.807) is 42.5 Å². The summed E-state index contributed by atoms with van der Waals surface area (Å²) in [7, 11) is 5.33. The van der Waals surface area contributed by atoms with E-state index in [2.05, 4.69) is 35.5 Å². The monoisotopic (exact) mass is 595 g/mol. The van der Waals surface area contributed by atoms with Gasteiger partial charge in [0.2, 0.25) is 5.95 Å². The Labute approximate surface area is 249 Å². The summed E-state index contributed by atoms with van der Waals surface area (Å²) in [5, 5.41) is 5.79. The second-order valence-corrected chi connectivity index (χ2v) is 10.5. The Morgan fingerprint density at radius 3 is 2.47 bits per heavy atom. The summed E-state index contributed by atoms with van der Waals surface area (Å²) in [6.07, 6.45) is 3.53. The second kappa shape index (κ2) is 14.1. The first-order chi connectivity index (χ1) is 20.5. The number of carbonyl (C=O) groups excluding carboxylic acids is 1. The molecule has 2 aromatic carbocycles. The highest BCUT2D eigenvalue weighted by molar-refractivity contribution is 6.05. The molecule has 1 aromatic heterocycles. The van der Waals surface area contributed by atoms with Crippen molar-refractivity contribution >= 4 is 34.7 Å². The molecule has 1 amide bonds. The van der Waals surface area contributed by atoms with Crippen LogP contribution in [0.1, 0.15) is 34.3 Å². The molecular weight excluding hydrogens is 559 g/mol. The van der Waals surface area contributed by atoms with Gasteiger partial charge in [-0.05, 0) is 69.8 Å². The van der Waals surface area contributed by atoms with Gasteiger partial charge in [0.05, 0.1) is 11.8 Å². The predicted molar refractivity (Wildman–Crippen MR) is 162 cm³/mol. The summed E-state index contributed by atoms with van der Waals surface area (Å²) in [4.78, 5) is 36.0. The molecule has 0 unspecified atom stereocenters. The molecule has 0 radical (unpaired) electrons. The van der Waals surface area contributed by atoms with Crippen molar-refractivity contribution < 1.29 is 18.0 Å². The van der Waals surface area contributed by atoms with Crippen molar-refractivity contribution in [3.05, 3.63) is 78.0 Å². The zero-order chi connectivity index (χ0) is 31.0. The molecule has 1 fully saturated rings. The van der Waals surface area contributed by atoms with Crippen LogP contribution < -0.4 is 20.4 Å². The Balaban J connectivity index is 1.56. The standard InChI is InChI=1S/C30H36F3N9O/c1-21-7-8-22(17-25(21)39-27-19-36-29(42-13-5-6-14-42)35-12-11-34-20-37-27)28(43)38-23-9-10-26(24(18-23)30(31,32)33)41(4)16-15-40(2)3/h7-12,17-20H,5-6,13-16H2,1-4H3,(H,38,43)(H,34,37,39). The second-order valence-electron chi connectivity index (χ2n) is 10.5. The van der Waals surface area contributed by atoms with Crippen LogP contribution in [0.25, 0.3) is 0 Å². The molecule has 2 N–H and O–H groups in total. The largest absolute Gasteiger partial charge is 0.418 e. The predicted octanol–water partition coefficient (Wildman–Crippen LogP) is 5.31. The molecule has 3 aromatic rings. The normalized spacial score (nSPS) is 13.1. The molecule has 2 heterocycles. The van der Waals surface area contributed by atoms with Gasteiger partial charge in [0.25, 0.3) is 5.91 Å². The first-order valence-corrected chi connectivity index (χ1v) is 13.9. The maximum atomic E-state index is 14.0. The third kappa shape index (κ3) is 8.74. The van der Waals surface area contributed by atoms with E-state index >= 15 is 0 Å². The minimum Gasteiger partial charge on any atom is -0.373 e. The SMILES string of the molecule is Cc1ccc(C(=O)Nc2ccc(N(C)CCN(C)C)c(C(F)(F)F)c2)cc1Nc1cnc(N2CCCC2)nccncn1. The number of likely N-dealkylation sites (N-methyl/N-ethyl adjacent to an activating group) is 2. The Hall–Kier alpha value is -4.52. The van der Waals surface area contributed by atoms with Crippen LogP contribution in [0.5, 0.6) is 0 Å². The van der Waals surface area contributed by atoms with Crippen LogP contribution in [0.2, 0.25) is 0 Å². The van der Waals surface area contributed by atoms with Crippen LogP contribution in [0.3, 0.4) is 0 Å². The number of hydrogen-bond acceptors (Lipinski definition) is 9. The lowest BCUT2D eigenvalue weighted by molar-refractivity contribution is -0.137. The van der Waals surface area contributed by atoms with Gasteiger partial charge in [0.1, 0.15) is 6.33 Å². The number of anilines is 5. The molecule has 1 aliphatic rings. The van der Waals surface area contributed by atoms with Gasteiger partial charge in [-0.15, -0.1) is 0 Å². The van der Waals surface area contributed by atoms with Gasteiger partial charge < -0.3 is 25.3 Å². The fraction of sp³-hybridized carbons (Fsp3) is 0.367. The first kappa shape index (κ1) is 31.4. The Bertz CT molecular complexity index is 1480. The lowest BCUT2D eigenvalue weighted by atomic mass is 10.1. The maximum Gasteiger partial charge on any atom is 0.418 e. The number of rotatable bonds is 9. The molecular formula is C30H36F3N9O. The van der Waals surface area contributed by atoms with Gasteiger partial charge in [0, 0.05) is 68.2 Å². The molecule has 0 bridgehead atoms. The van der Waals surface area contributed by atoms with Gasteiger partial charge in [0.15, 0.2) is 5.82 Å². The third-order valence-electron chi connectivity index (χ3n) is 6.91. The highest BCUT2D eigenvalue weighted by Gasteiger charge is 2.35. The van der Waals surface area contributed by atoms with Gasteiger partial charge in [-0.25, -0.2) is 19.9 Å². The van der Waals surface area contributed by atoms with Crippen molar-refractivity contribution in [3.8, 4) is 0 Å². The molecule has 0 saturated carbocycles. The van der Waals surface area contributed by atoms with Crippen LogP contribution in [-0.4, -0.2) is 78.1 Å². The molecule has 0 aliphatic carbocycles. The van der Waals surface area contributed by atoms with E-state index in [0.717, 1.165) is 37.6 Å². The maximum absolute atomic E-state index is 14.0. The Kier molecular flexibility index (Phi) is 10.3. The number of aryl methyl sites for hydroxylation is 1. The van der Waals surface area contributed by atoms with Crippen LogP contribution in [-0.2, 0) is 6.18 Å². The summed E-state index contributed by atoms with van der Waals surface area (Å²) in [6, 6.07) is 8.78. The molecule has 1 saturated heterocycles. The van der Waals surface area contributed by atoms with Crippen molar-refractivity contribution in [1.29, 1.82) is 0 Å². The van der Waals surface area contributed by atoms with E-state index < -0.39 is 17.6 Å². The van der Waals surface area contributed by atoms with Crippen LogP contribution >= 0.6 is 0 Å². The average molecular weight is 596 g/mol. The van der Waals surface area contributed by atoms with Crippen molar-refractivity contribution in [2.24, 2.45) is 0 Å². The first-order valence-electron chi connectivity index (χ1n) is 13.9. The van der Waals surface area contributed by atoms with Gasteiger partial charge in [-0.2, -0.15) is 13.2 Å². The van der Waals surface area contributed by atoms with Gasteiger partial charge in [-0.1, -0.05) is 6.07 Å². The molecule has 228 valence electrons. The number of nitrogens with one attached hydrogen (secondary N) is 2. The fourth-order valence-corrected chi connectivity index (χ4v) is 4.49. The van der Waals surface area contributed by atoms with Crippen molar-refractivity contribution in [3.63, 3.8) is 0 Å². The summed E-state index contributed by atoms with van der Waals surface area (Å²) in [5.74, 6) is 0.371. The number of hydrogen-bond donors (Lipinski definition) is 2. The molecule has 0 spiro atoms. The van der Waals surface area contributed by atoms with E-state index in [1.807, 2.05) is 25.9 Å². The number of halogens is 3. The minimum absolute atomic E-state index is 0.0407. The highest BCUT2D eigenvalue weighted by atomic mass is 19.4. The smallest absolute Gasteiger partial charge is 0.373 e. The number of aromatic nitrogens is 4. The number of benzene rings is 2. The highest BCUT2D eigenvalue weighted by Crippen LogP contribution is 2.38. The van der Waals surface area contributed by atoms with E-state index in [-0.39, 0.29) is 16.9 Å². The molecule has 10 nitrogen and oxygen atoms in total. The molecule has 13 heteroatoms. The van der Waals surface area contributed by atoms with Crippen molar-refractivity contribution in [2.45, 2.75) is 25.9 Å². The zero-order valence-corrected chi connectivity index (χ0v) is 24.7. The number of carbonyl (C=O) groups is 1. The summed E-state index contributed by atoms with van der Waals surface area (Å²) in [6.45, 7) is 4.59. The summed E-state index contributed by atoms with van der Waals surface area (Å²) < 4.78 is 41.9. The quantitative estimate of drug-likeness (QED) is 0.341. The Morgan fingerprint density at radius 2 is 1.74 bits per heavy atom. The van der Waals surface area contributed by atoms with Gasteiger partial charge in [-0.3, -0.25) is 4.79 Å². The van der Waals surface area contributed by atoms with Crippen molar-refractivity contribution in [2.75, 3.05) is 67.8 Å². The zero-order valence-electron chi connectivity index (χ0n) is 24.7. The van der Waals surface area contributed by atoms with E-state index in [9.17, 15) is 18.0 Å². The van der Waals surface area contributed by atoms with Crippen molar-refractivity contribution in [1.82, 2.24) is 24.8 Å². The van der Waals surface area contributed by atoms with E-state index in [1.165, 1.54) is 24.7 Å². The topological polar surface area (TPSA) is 102 Å². The number of nitrogens with zero attached hydrogens (tertiary/aromatic N) is 7. The fourth-order valence-electron chi connectivity index (χ4n) is 4.49. The summed E-state index contributed by atoms with van der Waals surface area (Å²) in [5.41, 5.74) is 0.909. The van der Waals surface area contributed by atoms with E-state index in [4.69, 9.17) is 0 Å². The minimum atomic E-state index is -4.60. The van der Waals surface area contributed by atoms with Crippen LogP contribution in [0.4, 0.5) is 42.0 Å². The van der Waals surface area contributed by atoms with E-state index in [0.29, 0.717) is 30.5 Å². The number of alkyl halides is 3. The van der Waals surface area contributed by atoms with Crippen LogP contribution in [0.15, 0.2) is 61.3 Å². The van der Waals surface area contributed by atoms with Crippen LogP contribution in [0, 0.1) is 6.92 Å². The molecule has 0 atom stereocenters. The average Bonchev–Trinajstić information content (AvgIpc) is 3.50. The lowest BCUT2D eigenvalue weighted by Crippen LogP contribution is -2.30.